The van der Waals surface area contributed by atoms with Crippen LogP contribution < -0.4 is 0 Å². The highest BCUT2D eigenvalue weighted by Crippen LogP contribution is 2.76. The highest BCUT2D eigenvalue weighted by molar-refractivity contribution is 5.77. The van der Waals surface area contributed by atoms with Crippen LogP contribution in [0.5, 0.6) is 0 Å². The zero-order valence-corrected chi connectivity index (χ0v) is 33.4. The van der Waals surface area contributed by atoms with Crippen molar-refractivity contribution in [2.75, 3.05) is 13.2 Å². The summed E-state index contributed by atoms with van der Waals surface area (Å²) in [5.41, 5.74) is -3.01. The molecule has 14 nitrogen and oxygen atoms in total. The van der Waals surface area contributed by atoms with E-state index in [2.05, 4.69) is 40.7 Å². The molecular formula is C41H66O14. The monoisotopic (exact) mass is 782 g/mol. The van der Waals surface area contributed by atoms with Crippen molar-refractivity contribution in [3.05, 3.63) is 11.6 Å². The summed E-state index contributed by atoms with van der Waals surface area (Å²) in [7, 11) is 0. The Bertz CT molecular complexity index is 1500. The predicted molar refractivity (Wildman–Crippen MR) is 195 cm³/mol. The van der Waals surface area contributed by atoms with Gasteiger partial charge >= 0.3 is 5.97 Å². The normalized spacial score (nSPS) is 56.3. The average molecular weight is 783 g/mol. The molecule has 14 heteroatoms. The molecule has 0 bridgehead atoms. The Balaban J connectivity index is 1.17. The Labute approximate surface area is 323 Å². The first-order valence-electron chi connectivity index (χ1n) is 20.5. The third kappa shape index (κ3) is 5.89. The number of hydrogen-bond acceptors (Lipinski definition) is 13. The summed E-state index contributed by atoms with van der Waals surface area (Å²) in [5.74, 6) is -1.85. The van der Waals surface area contributed by atoms with Crippen LogP contribution in [0, 0.1) is 50.7 Å². The van der Waals surface area contributed by atoms with Gasteiger partial charge in [0, 0.05) is 11.8 Å². The maximum atomic E-state index is 13.6. The topological polar surface area (TPSA) is 236 Å². The van der Waals surface area contributed by atoms with Crippen molar-refractivity contribution in [1.82, 2.24) is 0 Å². The molecule has 4 saturated carbocycles. The molecule has 0 aromatic heterocycles. The SMILES string of the molecule is C[C@@H]1[C@H](O[C@@H]2O[C@H](CO)[C@@H](O)[C@H](O)[C@H]2O)C[C@]2(C(=O)O)CC[C@]3(C)C(=CC[C@@H]4[C@@]5(C)CC[C@H](O[C@@H]6OC[C@H](O)[C@H](O)[C@H]6O)C(C)(C)[C@H]5CC[C@]43C)[C@H]2[C@]1(C)O. The number of hydrogen-bond donors (Lipinski definition) is 9. The zero-order chi connectivity index (χ0) is 40.4. The number of aliphatic hydroxyl groups is 8. The molecule has 9 N–H and O–H groups in total. The van der Waals surface area contributed by atoms with Crippen LogP contribution >= 0.6 is 0 Å². The second-order valence-corrected chi connectivity index (χ2v) is 20.0. The second-order valence-electron chi connectivity index (χ2n) is 20.0. The Morgan fingerprint density at radius 3 is 2.16 bits per heavy atom. The van der Waals surface area contributed by atoms with Gasteiger partial charge in [-0.2, -0.15) is 0 Å². The van der Waals surface area contributed by atoms with E-state index in [4.69, 9.17) is 18.9 Å². The van der Waals surface area contributed by atoms with Gasteiger partial charge in [-0.1, -0.05) is 53.2 Å². The summed E-state index contributed by atoms with van der Waals surface area (Å²) in [6.45, 7) is 14.3. The van der Waals surface area contributed by atoms with E-state index in [1.165, 1.54) is 0 Å². The fourth-order valence-electron chi connectivity index (χ4n) is 13.7. The summed E-state index contributed by atoms with van der Waals surface area (Å²) in [6, 6.07) is 0. The smallest absolute Gasteiger partial charge is 0.310 e. The van der Waals surface area contributed by atoms with Crippen LogP contribution in [0.15, 0.2) is 11.6 Å². The molecule has 0 amide bonds. The molecule has 314 valence electrons. The highest BCUT2D eigenvalue weighted by Gasteiger charge is 2.73. The number of carboxylic acid groups (broad SMARTS) is 1. The molecule has 5 aliphatic carbocycles. The van der Waals surface area contributed by atoms with Crippen molar-refractivity contribution in [3.63, 3.8) is 0 Å². The Morgan fingerprint density at radius 1 is 0.836 bits per heavy atom. The van der Waals surface area contributed by atoms with Crippen LogP contribution in [0.1, 0.15) is 99.8 Å². The quantitative estimate of drug-likeness (QED) is 0.137. The molecule has 0 spiro atoms. The number of allylic oxidation sites excluding steroid dienone is 1. The minimum absolute atomic E-state index is 0.0393. The van der Waals surface area contributed by atoms with E-state index in [-0.39, 0.29) is 47.2 Å². The zero-order valence-electron chi connectivity index (χ0n) is 33.4. The van der Waals surface area contributed by atoms with Gasteiger partial charge in [0.15, 0.2) is 12.6 Å². The van der Waals surface area contributed by atoms with E-state index in [0.29, 0.717) is 12.8 Å². The van der Waals surface area contributed by atoms with Gasteiger partial charge in [-0.25, -0.2) is 0 Å². The van der Waals surface area contributed by atoms with Crippen molar-refractivity contribution in [3.8, 4) is 0 Å². The van der Waals surface area contributed by atoms with E-state index < -0.39 is 102 Å². The van der Waals surface area contributed by atoms with E-state index >= 15 is 0 Å². The second kappa shape index (κ2) is 13.9. The molecule has 0 radical (unpaired) electrons. The Hall–Kier alpha value is -1.27. The molecule has 2 aliphatic heterocycles. The van der Waals surface area contributed by atoms with E-state index in [1.807, 2.05) is 6.92 Å². The van der Waals surface area contributed by atoms with Crippen molar-refractivity contribution in [2.45, 2.75) is 173 Å². The highest BCUT2D eigenvalue weighted by atomic mass is 16.7. The van der Waals surface area contributed by atoms with Crippen LogP contribution in [0.3, 0.4) is 0 Å². The number of carbonyl (C=O) groups is 1. The average Bonchev–Trinajstić information content (AvgIpc) is 3.12. The molecule has 55 heavy (non-hydrogen) atoms. The lowest BCUT2D eigenvalue weighted by molar-refractivity contribution is -0.328. The lowest BCUT2D eigenvalue weighted by Crippen LogP contribution is -2.70. The third-order valence-corrected chi connectivity index (χ3v) is 17.4. The summed E-state index contributed by atoms with van der Waals surface area (Å²) < 4.78 is 24.0. The maximum Gasteiger partial charge on any atom is 0.310 e. The molecular weight excluding hydrogens is 716 g/mol. The fraction of sp³-hybridized carbons (Fsp3) is 0.927. The fourth-order valence-corrected chi connectivity index (χ4v) is 13.7. The number of aliphatic carboxylic acids is 1. The standard InChI is InChI=1S/C41H66O14/c1-19-22(53-34-31(48)29(46)28(45)23(17-42)54-34)16-41(35(49)50)15-14-38(5)20(32(41)40(19,7)51)8-9-25-37(4)12-11-26(36(2,3)24(37)10-13-39(25,38)6)55-33-30(47)27(44)21(43)18-52-33/h8,19,21-34,42-48,51H,9-18H2,1-7H3,(H,49,50)/t19-,21+,22-,23-,24-,25-,26+,27+,28-,29+,30-,31-,32+,33+,34-,37+,38-,39-,40-,41-/m1/s1. The molecule has 2 heterocycles. The van der Waals surface area contributed by atoms with E-state index in [9.17, 15) is 50.8 Å². The van der Waals surface area contributed by atoms with Crippen LogP contribution in [0.2, 0.25) is 0 Å². The lowest BCUT2D eigenvalue weighted by Gasteiger charge is -2.72. The molecule has 6 fully saturated rings. The van der Waals surface area contributed by atoms with Gasteiger partial charge in [-0.15, -0.1) is 0 Å². The first kappa shape index (κ1) is 41.9. The van der Waals surface area contributed by atoms with Crippen LogP contribution in [-0.4, -0.2) is 138 Å². The number of rotatable bonds is 6. The predicted octanol–water partition coefficient (Wildman–Crippen LogP) is 1.46. The van der Waals surface area contributed by atoms with Crippen LogP contribution in [-0.2, 0) is 23.7 Å². The van der Waals surface area contributed by atoms with Gasteiger partial charge in [0.1, 0.15) is 42.7 Å². The summed E-state index contributed by atoms with van der Waals surface area (Å²) >= 11 is 0. The van der Waals surface area contributed by atoms with Gasteiger partial charge in [0.2, 0.25) is 0 Å². The van der Waals surface area contributed by atoms with Crippen molar-refractivity contribution in [1.29, 1.82) is 0 Å². The molecule has 7 rings (SSSR count). The summed E-state index contributed by atoms with van der Waals surface area (Å²) in [5, 5.41) is 96.1. The Kier molecular flexibility index (Phi) is 10.6. The Morgan fingerprint density at radius 2 is 1.51 bits per heavy atom. The van der Waals surface area contributed by atoms with Gasteiger partial charge in [-0.05, 0) is 91.8 Å². The minimum Gasteiger partial charge on any atom is -0.481 e. The van der Waals surface area contributed by atoms with Crippen molar-refractivity contribution >= 4 is 5.97 Å². The number of fused-ring (bicyclic) bond motifs is 7. The molecule has 2 saturated heterocycles. The van der Waals surface area contributed by atoms with Gasteiger partial charge in [-0.3, -0.25) is 4.79 Å². The van der Waals surface area contributed by atoms with Gasteiger partial charge < -0.3 is 64.9 Å². The van der Waals surface area contributed by atoms with Crippen molar-refractivity contribution < 1.29 is 69.7 Å². The molecule has 7 aliphatic rings. The number of ether oxygens (including phenoxy) is 4. The molecule has 0 unspecified atom stereocenters. The van der Waals surface area contributed by atoms with Gasteiger partial charge in [0.05, 0.1) is 36.4 Å². The minimum atomic E-state index is -1.65. The molecule has 0 aromatic carbocycles. The summed E-state index contributed by atoms with van der Waals surface area (Å²) in [4.78, 5) is 13.6. The molecule has 20 atom stereocenters. The molecule has 0 aromatic rings. The lowest BCUT2D eigenvalue weighted by atomic mass is 9.33. The van der Waals surface area contributed by atoms with E-state index in [1.54, 1.807) is 6.92 Å². The van der Waals surface area contributed by atoms with Crippen LogP contribution in [0.4, 0.5) is 0 Å². The largest absolute Gasteiger partial charge is 0.481 e. The van der Waals surface area contributed by atoms with Gasteiger partial charge in [0.25, 0.3) is 0 Å². The summed E-state index contributed by atoms with van der Waals surface area (Å²) in [6.07, 6.45) is -6.27. The number of carboxylic acids is 1. The maximum absolute atomic E-state index is 13.6. The first-order valence-corrected chi connectivity index (χ1v) is 20.5. The van der Waals surface area contributed by atoms with Crippen molar-refractivity contribution in [2.24, 2.45) is 50.7 Å². The third-order valence-electron chi connectivity index (χ3n) is 17.4. The van der Waals surface area contributed by atoms with Crippen LogP contribution in [0.25, 0.3) is 0 Å². The number of aliphatic hydroxyl groups excluding tert-OH is 7. The van der Waals surface area contributed by atoms with E-state index in [0.717, 1.165) is 37.7 Å². The first-order chi connectivity index (χ1) is 25.5.